The van der Waals surface area contributed by atoms with E-state index < -0.39 is 0 Å². The number of hydrogen-bond donors (Lipinski definition) is 1. The van der Waals surface area contributed by atoms with Gasteiger partial charge in [0.2, 0.25) is 5.91 Å². The molecule has 0 saturated heterocycles. The minimum absolute atomic E-state index is 0.0832. The van der Waals surface area contributed by atoms with E-state index in [9.17, 15) is 9.59 Å². The Morgan fingerprint density at radius 1 is 1.40 bits per heavy atom. The van der Waals surface area contributed by atoms with Gasteiger partial charge in [-0.2, -0.15) is 0 Å². The molecule has 0 fully saturated rings. The third-order valence-electron chi connectivity index (χ3n) is 3.99. The molecule has 1 N–H and O–H groups in total. The summed E-state index contributed by atoms with van der Waals surface area (Å²) in [7, 11) is 0. The molecule has 0 aliphatic carbocycles. The number of hydrogen-bond acceptors (Lipinski definition) is 4. The lowest BCUT2D eigenvalue weighted by Crippen LogP contribution is -2.29. The molecule has 2 heterocycles. The minimum Gasteiger partial charge on any atom is -0.326 e. The van der Waals surface area contributed by atoms with Gasteiger partial charge in [-0.05, 0) is 18.2 Å². The Morgan fingerprint density at radius 2 is 2.16 bits per heavy atom. The maximum Gasteiger partial charge on any atom is 0.254 e. The first kappa shape index (κ1) is 18.2. The zero-order valence-corrected chi connectivity index (χ0v) is 16.8. The van der Waals surface area contributed by atoms with Crippen LogP contribution in [0.2, 0.25) is 0 Å². The molecule has 1 unspecified atom stereocenters. The van der Waals surface area contributed by atoms with Gasteiger partial charge in [0.1, 0.15) is 0 Å². The summed E-state index contributed by atoms with van der Waals surface area (Å²) in [5.41, 5.74) is 1.26. The van der Waals surface area contributed by atoms with Gasteiger partial charge in [-0.15, -0.1) is 0 Å². The molecule has 1 amide bonds. The molecule has 3 rings (SSSR count). The highest BCUT2D eigenvalue weighted by molar-refractivity contribution is 9.10. The van der Waals surface area contributed by atoms with Gasteiger partial charge >= 0.3 is 0 Å². The monoisotopic (exact) mass is 421 g/mol. The summed E-state index contributed by atoms with van der Waals surface area (Å²) in [6.07, 6.45) is 0.253. The number of anilines is 1. The Balaban J connectivity index is 1.77. The normalized spacial score (nSPS) is 16.6. The molecular formula is C18H20BrN3O2S. The van der Waals surface area contributed by atoms with Gasteiger partial charge in [0, 0.05) is 33.8 Å². The van der Waals surface area contributed by atoms with E-state index in [4.69, 9.17) is 0 Å². The molecule has 1 atom stereocenters. The van der Waals surface area contributed by atoms with Gasteiger partial charge in [-0.25, -0.2) is 4.98 Å². The summed E-state index contributed by atoms with van der Waals surface area (Å²) in [5, 5.41) is 3.59. The van der Waals surface area contributed by atoms with E-state index in [0.29, 0.717) is 10.9 Å². The van der Waals surface area contributed by atoms with Crippen molar-refractivity contribution in [3.63, 3.8) is 0 Å². The Morgan fingerprint density at radius 3 is 2.84 bits per heavy atom. The van der Waals surface area contributed by atoms with Gasteiger partial charge in [0.05, 0.1) is 11.7 Å². The molecule has 0 radical (unpaired) electrons. The number of amides is 1. The van der Waals surface area contributed by atoms with E-state index in [-0.39, 0.29) is 29.3 Å². The summed E-state index contributed by atoms with van der Waals surface area (Å²) in [5.74, 6) is 0.574. The van der Waals surface area contributed by atoms with Crippen molar-refractivity contribution in [3.05, 3.63) is 50.9 Å². The van der Waals surface area contributed by atoms with Crippen LogP contribution in [-0.2, 0) is 10.2 Å². The standard InChI is InChI=1S/C18H20BrN3O2S/c1-18(2,3)14-9-16(24)22-13(10-25-17(22)21-14)8-15(23)20-12-6-4-5-11(19)7-12/h4-7,9,13H,8,10H2,1-3H3,(H,20,23). The number of nitrogens with zero attached hydrogens (tertiary/aromatic N) is 2. The number of carbonyl (C=O) groups excluding carboxylic acids is 1. The van der Waals surface area contributed by atoms with Gasteiger partial charge in [0.15, 0.2) is 5.16 Å². The number of halogens is 1. The molecule has 0 spiro atoms. The first-order valence-electron chi connectivity index (χ1n) is 8.06. The van der Waals surface area contributed by atoms with Crippen molar-refractivity contribution in [1.29, 1.82) is 0 Å². The second kappa shape index (κ2) is 6.96. The molecule has 2 aromatic rings. The molecule has 5 nitrogen and oxygen atoms in total. The van der Waals surface area contributed by atoms with Crippen LogP contribution < -0.4 is 10.9 Å². The average Bonchev–Trinajstić information content (AvgIpc) is 2.89. The average molecular weight is 422 g/mol. The number of aromatic nitrogens is 2. The van der Waals surface area contributed by atoms with Crippen LogP contribution in [0.3, 0.4) is 0 Å². The molecular weight excluding hydrogens is 402 g/mol. The van der Waals surface area contributed by atoms with Crippen molar-refractivity contribution < 1.29 is 4.79 Å². The predicted octanol–water partition coefficient (Wildman–Crippen LogP) is 3.98. The van der Waals surface area contributed by atoms with Gasteiger partial charge < -0.3 is 5.32 Å². The molecule has 1 aromatic heterocycles. The number of rotatable bonds is 3. The fourth-order valence-electron chi connectivity index (χ4n) is 2.68. The third kappa shape index (κ3) is 4.15. The topological polar surface area (TPSA) is 64.0 Å². The molecule has 132 valence electrons. The molecule has 1 aliphatic rings. The van der Waals surface area contributed by atoms with Gasteiger partial charge in [0.25, 0.3) is 5.56 Å². The quantitative estimate of drug-likeness (QED) is 0.761. The van der Waals surface area contributed by atoms with E-state index >= 15 is 0 Å². The Kier molecular flexibility index (Phi) is 5.06. The number of nitrogens with one attached hydrogen (secondary N) is 1. The highest BCUT2D eigenvalue weighted by Gasteiger charge is 2.29. The highest BCUT2D eigenvalue weighted by atomic mass is 79.9. The van der Waals surface area contributed by atoms with Crippen molar-refractivity contribution in [2.24, 2.45) is 0 Å². The zero-order valence-electron chi connectivity index (χ0n) is 14.4. The zero-order chi connectivity index (χ0) is 18.2. The van der Waals surface area contributed by atoms with E-state index in [1.54, 1.807) is 10.6 Å². The van der Waals surface area contributed by atoms with Crippen molar-refractivity contribution >= 4 is 39.3 Å². The second-order valence-electron chi connectivity index (χ2n) is 7.11. The fraction of sp³-hybridized carbons (Fsp3) is 0.389. The molecule has 25 heavy (non-hydrogen) atoms. The van der Waals surface area contributed by atoms with Crippen molar-refractivity contribution in [3.8, 4) is 0 Å². The molecule has 7 heteroatoms. The SMILES string of the molecule is CC(C)(C)c1cc(=O)n2c(n1)SCC2CC(=O)Nc1cccc(Br)c1. The Bertz CT molecular complexity index is 873. The predicted molar refractivity (Wildman–Crippen MR) is 104 cm³/mol. The number of benzene rings is 1. The lowest BCUT2D eigenvalue weighted by atomic mass is 9.92. The summed E-state index contributed by atoms with van der Waals surface area (Å²) in [6.45, 7) is 6.11. The molecule has 0 saturated carbocycles. The van der Waals surface area contributed by atoms with E-state index in [2.05, 4.69) is 26.2 Å². The Labute approximate surface area is 159 Å². The van der Waals surface area contributed by atoms with E-state index in [1.165, 1.54) is 11.8 Å². The van der Waals surface area contributed by atoms with Crippen LogP contribution in [0.1, 0.15) is 38.9 Å². The highest BCUT2D eigenvalue weighted by Crippen LogP contribution is 2.33. The summed E-state index contributed by atoms with van der Waals surface area (Å²) in [4.78, 5) is 29.5. The smallest absolute Gasteiger partial charge is 0.254 e. The van der Waals surface area contributed by atoms with Crippen LogP contribution in [0.4, 0.5) is 5.69 Å². The maximum atomic E-state index is 12.5. The lowest BCUT2D eigenvalue weighted by molar-refractivity contribution is -0.116. The second-order valence-corrected chi connectivity index (χ2v) is 9.01. The Hall–Kier alpha value is -1.60. The third-order valence-corrected chi connectivity index (χ3v) is 5.58. The van der Waals surface area contributed by atoms with Crippen LogP contribution in [-0.4, -0.2) is 21.2 Å². The summed E-state index contributed by atoms with van der Waals surface area (Å²) < 4.78 is 2.56. The summed E-state index contributed by atoms with van der Waals surface area (Å²) in [6, 6.07) is 8.87. The molecule has 1 aliphatic heterocycles. The van der Waals surface area contributed by atoms with Crippen LogP contribution in [0.15, 0.2) is 44.8 Å². The number of fused-ring (bicyclic) bond motifs is 1. The maximum absolute atomic E-state index is 12.5. The van der Waals surface area contributed by atoms with Crippen LogP contribution in [0.25, 0.3) is 0 Å². The fourth-order valence-corrected chi connectivity index (χ4v) is 4.23. The van der Waals surface area contributed by atoms with Gasteiger partial charge in [-0.3, -0.25) is 14.2 Å². The van der Waals surface area contributed by atoms with Crippen LogP contribution in [0.5, 0.6) is 0 Å². The molecule has 1 aromatic carbocycles. The van der Waals surface area contributed by atoms with E-state index in [0.717, 1.165) is 15.9 Å². The van der Waals surface area contributed by atoms with Crippen molar-refractivity contribution in [2.75, 3.05) is 11.1 Å². The summed E-state index contributed by atoms with van der Waals surface area (Å²) >= 11 is 4.92. The van der Waals surface area contributed by atoms with Crippen molar-refractivity contribution in [2.45, 2.75) is 43.8 Å². The van der Waals surface area contributed by atoms with Crippen molar-refractivity contribution in [1.82, 2.24) is 9.55 Å². The van der Waals surface area contributed by atoms with E-state index in [1.807, 2.05) is 45.0 Å². The van der Waals surface area contributed by atoms with Crippen LogP contribution >= 0.6 is 27.7 Å². The first-order valence-corrected chi connectivity index (χ1v) is 9.84. The molecule has 0 bridgehead atoms. The minimum atomic E-state index is -0.175. The van der Waals surface area contributed by atoms with Gasteiger partial charge in [-0.1, -0.05) is 54.5 Å². The number of carbonyl (C=O) groups is 1. The largest absolute Gasteiger partial charge is 0.326 e. The van der Waals surface area contributed by atoms with Crippen LogP contribution in [0, 0.1) is 0 Å². The first-order chi connectivity index (χ1) is 11.7. The number of thioether (sulfide) groups is 1. The lowest BCUT2D eigenvalue weighted by Gasteiger charge is -2.19.